The van der Waals surface area contributed by atoms with Crippen LogP contribution in [0.2, 0.25) is 0 Å². The second kappa shape index (κ2) is 5.45. The van der Waals surface area contributed by atoms with E-state index < -0.39 is 6.10 Å². The SMILES string of the molecule is Cc1cc(F)ccc1CC1(CN)CCCC(C)(C)C1O. The van der Waals surface area contributed by atoms with Gasteiger partial charge in [-0.25, -0.2) is 4.39 Å². The fraction of sp³-hybridized carbons (Fsp3) is 0.647. The molecule has 3 N–H and O–H groups in total. The molecular formula is C17H26FNO. The minimum Gasteiger partial charge on any atom is -0.392 e. The molecule has 0 aliphatic heterocycles. The number of hydrogen-bond acceptors (Lipinski definition) is 2. The highest BCUT2D eigenvalue weighted by atomic mass is 19.1. The van der Waals surface area contributed by atoms with Crippen LogP contribution >= 0.6 is 0 Å². The Hall–Kier alpha value is -0.930. The minimum atomic E-state index is -0.418. The summed E-state index contributed by atoms with van der Waals surface area (Å²) in [5.41, 5.74) is 7.68. The summed E-state index contributed by atoms with van der Waals surface area (Å²) in [4.78, 5) is 0. The first-order chi connectivity index (χ1) is 9.31. The first-order valence-electron chi connectivity index (χ1n) is 7.44. The van der Waals surface area contributed by atoms with Crippen LogP contribution < -0.4 is 5.73 Å². The molecule has 0 bridgehead atoms. The van der Waals surface area contributed by atoms with Crippen molar-refractivity contribution in [3.05, 3.63) is 35.1 Å². The van der Waals surface area contributed by atoms with E-state index in [2.05, 4.69) is 13.8 Å². The first kappa shape index (κ1) is 15.5. The molecule has 2 nitrogen and oxygen atoms in total. The molecular weight excluding hydrogens is 253 g/mol. The van der Waals surface area contributed by atoms with Gasteiger partial charge in [0.25, 0.3) is 0 Å². The Morgan fingerprint density at radius 1 is 1.35 bits per heavy atom. The zero-order valence-electron chi connectivity index (χ0n) is 12.7. The van der Waals surface area contributed by atoms with Crippen LogP contribution in [0.4, 0.5) is 4.39 Å². The maximum atomic E-state index is 13.2. The van der Waals surface area contributed by atoms with Crippen LogP contribution in [0.15, 0.2) is 18.2 Å². The highest BCUT2D eigenvalue weighted by Gasteiger charge is 2.47. The summed E-state index contributed by atoms with van der Waals surface area (Å²) in [6.07, 6.45) is 3.35. The van der Waals surface area contributed by atoms with Gasteiger partial charge in [0, 0.05) is 12.0 Å². The standard InChI is InChI=1S/C17H26FNO/c1-12-9-14(18)6-5-13(12)10-17(11-19)8-4-7-16(2,3)15(17)20/h5-6,9,15,20H,4,7-8,10-11,19H2,1-3H3. The van der Waals surface area contributed by atoms with Crippen molar-refractivity contribution < 1.29 is 9.50 Å². The van der Waals surface area contributed by atoms with Gasteiger partial charge < -0.3 is 10.8 Å². The van der Waals surface area contributed by atoms with E-state index in [1.807, 2.05) is 13.0 Å². The van der Waals surface area contributed by atoms with Crippen molar-refractivity contribution in [2.75, 3.05) is 6.54 Å². The molecule has 1 fully saturated rings. The molecule has 2 atom stereocenters. The lowest BCUT2D eigenvalue weighted by Gasteiger charge is -2.49. The highest BCUT2D eigenvalue weighted by molar-refractivity contribution is 5.28. The maximum Gasteiger partial charge on any atom is 0.123 e. The molecule has 0 amide bonds. The Bertz CT molecular complexity index is 486. The van der Waals surface area contributed by atoms with Crippen molar-refractivity contribution in [3.8, 4) is 0 Å². The van der Waals surface area contributed by atoms with Crippen molar-refractivity contribution in [1.82, 2.24) is 0 Å². The molecule has 0 saturated heterocycles. The van der Waals surface area contributed by atoms with Crippen LogP contribution in [-0.2, 0) is 6.42 Å². The summed E-state index contributed by atoms with van der Waals surface area (Å²) in [5.74, 6) is -0.211. The lowest BCUT2D eigenvalue weighted by Crippen LogP contribution is -2.53. The van der Waals surface area contributed by atoms with E-state index >= 15 is 0 Å². The lowest BCUT2D eigenvalue weighted by molar-refractivity contribution is -0.0885. The van der Waals surface area contributed by atoms with Crippen LogP contribution in [0, 0.1) is 23.6 Å². The summed E-state index contributed by atoms with van der Waals surface area (Å²) in [6.45, 7) is 6.61. The van der Waals surface area contributed by atoms with E-state index in [-0.39, 0.29) is 16.6 Å². The van der Waals surface area contributed by atoms with Gasteiger partial charge in [-0.3, -0.25) is 0 Å². The predicted molar refractivity (Wildman–Crippen MR) is 80.0 cm³/mol. The van der Waals surface area contributed by atoms with Gasteiger partial charge in [0.2, 0.25) is 0 Å². The van der Waals surface area contributed by atoms with Crippen molar-refractivity contribution in [2.45, 2.75) is 52.6 Å². The topological polar surface area (TPSA) is 46.2 Å². The Kier molecular flexibility index (Phi) is 4.22. The van der Waals surface area contributed by atoms with Crippen molar-refractivity contribution in [3.63, 3.8) is 0 Å². The van der Waals surface area contributed by atoms with Gasteiger partial charge in [-0.1, -0.05) is 26.3 Å². The predicted octanol–water partition coefficient (Wildman–Crippen LogP) is 3.19. The molecule has 112 valence electrons. The number of halogens is 1. The summed E-state index contributed by atoms with van der Waals surface area (Å²) in [7, 11) is 0. The van der Waals surface area contributed by atoms with E-state index in [9.17, 15) is 9.50 Å². The minimum absolute atomic E-state index is 0.106. The Morgan fingerprint density at radius 3 is 2.65 bits per heavy atom. The summed E-state index contributed by atoms with van der Waals surface area (Å²) in [5, 5.41) is 10.8. The Balaban J connectivity index is 2.32. The molecule has 1 aromatic rings. The van der Waals surface area contributed by atoms with Crippen LogP contribution in [0.1, 0.15) is 44.2 Å². The number of aliphatic hydroxyl groups is 1. The number of benzene rings is 1. The molecule has 3 heteroatoms. The molecule has 0 spiro atoms. The molecule has 1 aliphatic rings. The number of nitrogens with two attached hydrogens (primary N) is 1. The number of rotatable bonds is 3. The van der Waals surface area contributed by atoms with E-state index in [4.69, 9.17) is 5.73 Å². The lowest BCUT2D eigenvalue weighted by atomic mass is 9.59. The van der Waals surface area contributed by atoms with E-state index in [0.717, 1.165) is 36.8 Å². The van der Waals surface area contributed by atoms with Gasteiger partial charge in [-0.15, -0.1) is 0 Å². The van der Waals surface area contributed by atoms with Crippen LogP contribution in [0.25, 0.3) is 0 Å². The normalized spacial score (nSPS) is 29.4. The van der Waals surface area contributed by atoms with Gasteiger partial charge >= 0.3 is 0 Å². The van der Waals surface area contributed by atoms with Crippen LogP contribution in [-0.4, -0.2) is 17.8 Å². The summed E-state index contributed by atoms with van der Waals surface area (Å²) >= 11 is 0. The highest BCUT2D eigenvalue weighted by Crippen LogP contribution is 2.47. The number of aryl methyl sites for hydroxylation is 1. The Morgan fingerprint density at radius 2 is 2.05 bits per heavy atom. The molecule has 20 heavy (non-hydrogen) atoms. The third kappa shape index (κ3) is 2.75. The zero-order valence-corrected chi connectivity index (χ0v) is 12.7. The Labute approximate surface area is 121 Å². The van der Waals surface area contributed by atoms with Gasteiger partial charge in [0.05, 0.1) is 6.10 Å². The largest absolute Gasteiger partial charge is 0.392 e. The maximum absolute atomic E-state index is 13.2. The number of aliphatic hydroxyl groups excluding tert-OH is 1. The fourth-order valence-corrected chi connectivity index (χ4v) is 3.71. The van der Waals surface area contributed by atoms with Crippen LogP contribution in [0.3, 0.4) is 0 Å². The molecule has 2 unspecified atom stereocenters. The number of hydrogen-bond donors (Lipinski definition) is 2. The second-order valence-corrected chi connectivity index (χ2v) is 7.06. The molecule has 1 aromatic carbocycles. The average molecular weight is 279 g/mol. The van der Waals surface area contributed by atoms with E-state index in [1.54, 1.807) is 6.07 Å². The van der Waals surface area contributed by atoms with E-state index in [0.29, 0.717) is 6.54 Å². The second-order valence-electron chi connectivity index (χ2n) is 7.06. The molecule has 2 rings (SSSR count). The van der Waals surface area contributed by atoms with Gasteiger partial charge in [-0.05, 0) is 54.9 Å². The van der Waals surface area contributed by atoms with Crippen molar-refractivity contribution in [1.29, 1.82) is 0 Å². The smallest absolute Gasteiger partial charge is 0.123 e. The zero-order chi connectivity index (χ0) is 15.0. The van der Waals surface area contributed by atoms with Crippen LogP contribution in [0.5, 0.6) is 0 Å². The van der Waals surface area contributed by atoms with E-state index in [1.165, 1.54) is 6.07 Å². The van der Waals surface area contributed by atoms with Gasteiger partial charge in [0.1, 0.15) is 5.82 Å². The van der Waals surface area contributed by atoms with Crippen molar-refractivity contribution >= 4 is 0 Å². The molecule has 1 saturated carbocycles. The molecule has 1 aliphatic carbocycles. The summed E-state index contributed by atoms with van der Waals surface area (Å²) in [6, 6.07) is 4.88. The molecule has 0 radical (unpaired) electrons. The quantitative estimate of drug-likeness (QED) is 0.892. The summed E-state index contributed by atoms with van der Waals surface area (Å²) < 4.78 is 13.2. The fourth-order valence-electron chi connectivity index (χ4n) is 3.71. The monoisotopic (exact) mass is 279 g/mol. The van der Waals surface area contributed by atoms with Gasteiger partial charge in [0.15, 0.2) is 0 Å². The van der Waals surface area contributed by atoms with Gasteiger partial charge in [-0.2, -0.15) is 0 Å². The third-order valence-electron chi connectivity index (χ3n) is 5.07. The average Bonchev–Trinajstić information content (AvgIpc) is 2.38. The third-order valence-corrected chi connectivity index (χ3v) is 5.07. The molecule has 0 heterocycles. The first-order valence-corrected chi connectivity index (χ1v) is 7.44. The molecule has 0 aromatic heterocycles. The van der Waals surface area contributed by atoms with Crippen molar-refractivity contribution in [2.24, 2.45) is 16.6 Å².